The average Bonchev–Trinajstić information content (AvgIpc) is 3.36. The van der Waals surface area contributed by atoms with Gasteiger partial charge in [0.05, 0.1) is 34.8 Å². The summed E-state index contributed by atoms with van der Waals surface area (Å²) in [6.07, 6.45) is -2.54. The molecule has 192 valence electrons. The first-order chi connectivity index (χ1) is 17.5. The Morgan fingerprint density at radius 1 is 1.08 bits per heavy atom. The molecule has 3 aromatic heterocycles. The van der Waals surface area contributed by atoms with E-state index in [9.17, 15) is 31.9 Å². The topological polar surface area (TPSA) is 113 Å². The smallest absolute Gasteiger partial charge is 0.373 e. The van der Waals surface area contributed by atoms with Crippen LogP contribution >= 0.6 is 11.3 Å². The largest absolute Gasteiger partial charge is 0.419 e. The predicted molar refractivity (Wildman–Crippen MR) is 123 cm³/mol. The second kappa shape index (κ2) is 10.6. The molecule has 4 rings (SSSR count). The van der Waals surface area contributed by atoms with Crippen LogP contribution in [0.4, 0.5) is 27.6 Å². The standard InChI is InChI=1S/C23H17F5N6O2S/c1-11(33-20(35)17-8-16(31-10-32-17)13-3-2-6-29-19(13)25)22-30-9-18(37-22)21(36)34-12-4-5-15(24)14(7-12)23(26,27)28/h2-11,20,33,35H,1H3,(H,34,36). The minimum absolute atomic E-state index is 0.0763. The highest BCUT2D eigenvalue weighted by molar-refractivity contribution is 7.13. The average molecular weight is 536 g/mol. The van der Waals surface area contributed by atoms with E-state index in [0.717, 1.165) is 23.7 Å². The molecule has 3 N–H and O–H groups in total. The second-order valence-electron chi connectivity index (χ2n) is 7.67. The number of aliphatic hydroxyl groups excluding tert-OH is 1. The Morgan fingerprint density at radius 2 is 1.86 bits per heavy atom. The summed E-state index contributed by atoms with van der Waals surface area (Å²) in [4.78, 5) is 28.3. The van der Waals surface area contributed by atoms with Crippen LogP contribution < -0.4 is 10.6 Å². The third kappa shape index (κ3) is 6.10. The number of hydrogen-bond acceptors (Lipinski definition) is 8. The van der Waals surface area contributed by atoms with Crippen LogP contribution in [0.5, 0.6) is 0 Å². The van der Waals surface area contributed by atoms with E-state index in [1.807, 2.05) is 0 Å². The Bertz CT molecular complexity index is 1430. The molecule has 14 heteroatoms. The Balaban J connectivity index is 1.43. The maximum absolute atomic E-state index is 14.0. The Kier molecular flexibility index (Phi) is 7.52. The molecule has 0 bridgehead atoms. The Hall–Kier alpha value is -3.88. The number of thiazole rings is 1. The van der Waals surface area contributed by atoms with Gasteiger partial charge in [0.15, 0.2) is 0 Å². The summed E-state index contributed by atoms with van der Waals surface area (Å²) in [5.41, 5.74) is -1.25. The lowest BCUT2D eigenvalue weighted by molar-refractivity contribution is -0.139. The van der Waals surface area contributed by atoms with Gasteiger partial charge in [-0.3, -0.25) is 10.1 Å². The quantitative estimate of drug-likeness (QED) is 0.175. The van der Waals surface area contributed by atoms with Crippen molar-refractivity contribution in [2.45, 2.75) is 25.4 Å². The highest BCUT2D eigenvalue weighted by atomic mass is 32.1. The molecule has 1 aromatic carbocycles. The number of nitrogens with zero attached hydrogens (tertiary/aromatic N) is 4. The van der Waals surface area contributed by atoms with Crippen LogP contribution in [-0.2, 0) is 6.18 Å². The van der Waals surface area contributed by atoms with E-state index in [0.29, 0.717) is 17.1 Å². The van der Waals surface area contributed by atoms with Gasteiger partial charge in [-0.05, 0) is 43.3 Å². The summed E-state index contributed by atoms with van der Waals surface area (Å²) in [6.45, 7) is 1.65. The third-order valence-electron chi connectivity index (χ3n) is 5.06. The molecule has 3 heterocycles. The first-order valence-electron chi connectivity index (χ1n) is 10.5. The molecule has 8 nitrogen and oxygen atoms in total. The molecule has 0 saturated carbocycles. The number of halogens is 5. The highest BCUT2D eigenvalue weighted by Gasteiger charge is 2.34. The fourth-order valence-electron chi connectivity index (χ4n) is 3.25. The van der Waals surface area contributed by atoms with Crippen molar-refractivity contribution in [3.05, 3.63) is 88.0 Å². The van der Waals surface area contributed by atoms with Crippen molar-refractivity contribution < 1.29 is 31.9 Å². The van der Waals surface area contributed by atoms with Crippen molar-refractivity contribution in [3.8, 4) is 11.3 Å². The van der Waals surface area contributed by atoms with Crippen LogP contribution in [0.25, 0.3) is 11.3 Å². The van der Waals surface area contributed by atoms with Crippen LogP contribution in [0.2, 0.25) is 0 Å². The van der Waals surface area contributed by atoms with E-state index in [4.69, 9.17) is 0 Å². The number of aliphatic hydroxyl groups is 1. The number of carbonyl (C=O) groups is 1. The lowest BCUT2D eigenvalue weighted by atomic mass is 10.1. The number of hydrogen-bond donors (Lipinski definition) is 3. The lowest BCUT2D eigenvalue weighted by Gasteiger charge is -2.17. The first kappa shape index (κ1) is 26.2. The summed E-state index contributed by atoms with van der Waals surface area (Å²) in [5.74, 6) is -2.92. The van der Waals surface area contributed by atoms with Crippen LogP contribution in [0.1, 0.15) is 45.1 Å². The van der Waals surface area contributed by atoms with Crippen molar-refractivity contribution in [1.82, 2.24) is 25.3 Å². The number of benzene rings is 1. The molecule has 0 saturated heterocycles. The number of nitrogens with one attached hydrogen (secondary N) is 2. The van der Waals surface area contributed by atoms with Gasteiger partial charge < -0.3 is 10.4 Å². The van der Waals surface area contributed by atoms with Crippen molar-refractivity contribution in [2.75, 3.05) is 5.32 Å². The molecule has 37 heavy (non-hydrogen) atoms. The fourth-order valence-corrected chi connectivity index (χ4v) is 4.07. The SMILES string of the molecule is CC(NC(O)c1cc(-c2cccnc2F)ncn1)c1ncc(C(=O)Nc2ccc(F)c(C(F)(F)F)c2)s1. The van der Waals surface area contributed by atoms with E-state index in [1.54, 1.807) is 13.0 Å². The minimum atomic E-state index is -4.92. The zero-order valence-electron chi connectivity index (χ0n) is 18.8. The molecule has 0 aliphatic heterocycles. The van der Waals surface area contributed by atoms with Crippen molar-refractivity contribution in [2.24, 2.45) is 0 Å². The van der Waals surface area contributed by atoms with Crippen molar-refractivity contribution in [1.29, 1.82) is 0 Å². The number of aromatic nitrogens is 4. The maximum atomic E-state index is 14.0. The molecule has 2 atom stereocenters. The molecule has 1 amide bonds. The van der Waals surface area contributed by atoms with Gasteiger partial charge >= 0.3 is 6.18 Å². The summed E-state index contributed by atoms with van der Waals surface area (Å²) in [5, 5.41) is 16.1. The van der Waals surface area contributed by atoms with Crippen LogP contribution in [0.3, 0.4) is 0 Å². The zero-order chi connectivity index (χ0) is 26.7. The van der Waals surface area contributed by atoms with Gasteiger partial charge in [0.2, 0.25) is 5.95 Å². The number of anilines is 1. The normalized spacial score (nSPS) is 13.3. The summed E-state index contributed by atoms with van der Waals surface area (Å²) in [7, 11) is 0. The van der Waals surface area contributed by atoms with Gasteiger partial charge in [0.1, 0.15) is 28.3 Å². The predicted octanol–water partition coefficient (Wildman–Crippen LogP) is 4.89. The van der Waals surface area contributed by atoms with Crippen molar-refractivity contribution in [3.63, 3.8) is 0 Å². The highest BCUT2D eigenvalue weighted by Crippen LogP contribution is 2.33. The number of alkyl halides is 3. The van der Waals surface area contributed by atoms with Gasteiger partial charge in [0, 0.05) is 11.9 Å². The second-order valence-corrected chi connectivity index (χ2v) is 8.73. The summed E-state index contributed by atoms with van der Waals surface area (Å²) in [6, 6.07) is 5.96. The van der Waals surface area contributed by atoms with E-state index >= 15 is 0 Å². The lowest BCUT2D eigenvalue weighted by Crippen LogP contribution is -2.25. The summed E-state index contributed by atoms with van der Waals surface area (Å²) >= 11 is 0.937. The molecule has 0 fully saturated rings. The van der Waals surface area contributed by atoms with Crippen LogP contribution in [-0.4, -0.2) is 30.9 Å². The monoisotopic (exact) mass is 536 g/mol. The maximum Gasteiger partial charge on any atom is 0.419 e. The molecular weight excluding hydrogens is 519 g/mol. The van der Waals surface area contributed by atoms with Crippen LogP contribution in [0, 0.1) is 11.8 Å². The van der Waals surface area contributed by atoms with Gasteiger partial charge in [-0.1, -0.05) is 0 Å². The van der Waals surface area contributed by atoms with E-state index in [1.165, 1.54) is 24.5 Å². The number of rotatable bonds is 7. The minimum Gasteiger partial charge on any atom is -0.373 e. The molecule has 0 radical (unpaired) electrons. The van der Waals surface area contributed by atoms with E-state index in [-0.39, 0.29) is 27.5 Å². The Morgan fingerprint density at radius 3 is 2.59 bits per heavy atom. The fraction of sp³-hybridized carbons (Fsp3) is 0.174. The molecule has 0 aliphatic carbocycles. The number of amides is 1. The molecule has 2 unspecified atom stereocenters. The van der Waals surface area contributed by atoms with E-state index in [2.05, 4.69) is 30.6 Å². The summed E-state index contributed by atoms with van der Waals surface area (Å²) < 4.78 is 66.2. The van der Waals surface area contributed by atoms with E-state index < -0.39 is 41.7 Å². The van der Waals surface area contributed by atoms with Gasteiger partial charge in [-0.15, -0.1) is 11.3 Å². The third-order valence-corrected chi connectivity index (χ3v) is 6.24. The molecular formula is C23H17F5N6O2S. The molecule has 0 spiro atoms. The van der Waals surface area contributed by atoms with Gasteiger partial charge in [-0.2, -0.15) is 17.6 Å². The van der Waals surface area contributed by atoms with Gasteiger partial charge in [-0.25, -0.2) is 24.3 Å². The Labute approximate surface area is 210 Å². The zero-order valence-corrected chi connectivity index (χ0v) is 19.6. The number of pyridine rings is 1. The van der Waals surface area contributed by atoms with Crippen LogP contribution in [0.15, 0.2) is 55.1 Å². The number of carbonyl (C=O) groups excluding carboxylic acids is 1. The molecule has 4 aromatic rings. The van der Waals surface area contributed by atoms with Crippen molar-refractivity contribution >= 4 is 22.9 Å². The molecule has 0 aliphatic rings. The van der Waals surface area contributed by atoms with Gasteiger partial charge in [0.25, 0.3) is 5.91 Å². The first-order valence-corrected chi connectivity index (χ1v) is 11.4.